The lowest BCUT2D eigenvalue weighted by atomic mass is 10.1. The Morgan fingerprint density at radius 1 is 1.04 bits per heavy atom. The summed E-state index contributed by atoms with van der Waals surface area (Å²) >= 11 is 3.31. The number of rotatable bonds is 4. The molecule has 142 valence electrons. The molecule has 0 amide bonds. The van der Waals surface area contributed by atoms with E-state index < -0.39 is 28.5 Å². The highest BCUT2D eigenvalue weighted by atomic mass is 79.9. The highest BCUT2D eigenvalue weighted by molar-refractivity contribution is 9.10. The molecule has 3 aromatic rings. The Hall–Kier alpha value is -2.32. The second-order valence-electron chi connectivity index (χ2n) is 6.98. The standard InChI is InChI=1S/C19H17BrF2N2O3/c1-19(2,27)10-24-16-8-15(22)14(21)7-13(16)17(25)23(18(24)26)9-11-3-5-12(20)6-4-11/h3-8,27H,9-10H2,1-2H3. The van der Waals surface area contributed by atoms with Gasteiger partial charge >= 0.3 is 5.69 Å². The van der Waals surface area contributed by atoms with Gasteiger partial charge in [0.2, 0.25) is 0 Å². The lowest BCUT2D eigenvalue weighted by Crippen LogP contribution is -2.43. The first-order valence-corrected chi connectivity index (χ1v) is 8.95. The van der Waals surface area contributed by atoms with Crippen LogP contribution >= 0.6 is 15.9 Å². The smallest absolute Gasteiger partial charge is 0.331 e. The van der Waals surface area contributed by atoms with Gasteiger partial charge in [-0.1, -0.05) is 28.1 Å². The monoisotopic (exact) mass is 438 g/mol. The van der Waals surface area contributed by atoms with Crippen molar-refractivity contribution in [2.75, 3.05) is 0 Å². The summed E-state index contributed by atoms with van der Waals surface area (Å²) in [6.45, 7) is 2.74. The van der Waals surface area contributed by atoms with Crippen molar-refractivity contribution in [1.29, 1.82) is 0 Å². The molecule has 0 saturated carbocycles. The molecule has 5 nitrogen and oxygen atoms in total. The average Bonchev–Trinajstić information content (AvgIpc) is 2.58. The van der Waals surface area contributed by atoms with E-state index in [0.29, 0.717) is 5.56 Å². The minimum absolute atomic E-state index is 0.0360. The van der Waals surface area contributed by atoms with Crippen LogP contribution in [0, 0.1) is 11.6 Å². The second-order valence-corrected chi connectivity index (χ2v) is 7.90. The molecule has 0 unspecified atom stereocenters. The van der Waals surface area contributed by atoms with E-state index in [9.17, 15) is 23.5 Å². The quantitative estimate of drug-likeness (QED) is 0.680. The van der Waals surface area contributed by atoms with Gasteiger partial charge in [-0.2, -0.15) is 0 Å². The predicted molar refractivity (Wildman–Crippen MR) is 102 cm³/mol. The second kappa shape index (κ2) is 7.01. The molecule has 0 radical (unpaired) electrons. The van der Waals surface area contributed by atoms with Crippen LogP contribution < -0.4 is 11.2 Å². The van der Waals surface area contributed by atoms with E-state index in [4.69, 9.17) is 0 Å². The van der Waals surface area contributed by atoms with E-state index >= 15 is 0 Å². The van der Waals surface area contributed by atoms with E-state index in [1.165, 1.54) is 13.8 Å². The van der Waals surface area contributed by atoms with Gasteiger partial charge in [0.1, 0.15) is 0 Å². The Morgan fingerprint density at radius 2 is 1.63 bits per heavy atom. The maximum atomic E-state index is 13.7. The van der Waals surface area contributed by atoms with Crippen LogP contribution in [0.15, 0.2) is 50.5 Å². The molecule has 8 heteroatoms. The van der Waals surface area contributed by atoms with E-state index in [2.05, 4.69) is 15.9 Å². The number of hydrogen-bond donors (Lipinski definition) is 1. The molecular formula is C19H17BrF2N2O3. The van der Waals surface area contributed by atoms with E-state index in [1.807, 2.05) is 0 Å². The van der Waals surface area contributed by atoms with Crippen molar-refractivity contribution in [2.24, 2.45) is 0 Å². The molecule has 0 fully saturated rings. The number of benzene rings is 2. The van der Waals surface area contributed by atoms with Gasteiger partial charge < -0.3 is 5.11 Å². The zero-order chi connectivity index (χ0) is 19.9. The summed E-state index contributed by atoms with van der Waals surface area (Å²) in [7, 11) is 0. The van der Waals surface area contributed by atoms with Gasteiger partial charge in [0.05, 0.1) is 29.6 Å². The Morgan fingerprint density at radius 3 is 2.22 bits per heavy atom. The van der Waals surface area contributed by atoms with Crippen molar-refractivity contribution < 1.29 is 13.9 Å². The van der Waals surface area contributed by atoms with Crippen molar-refractivity contribution in [3.8, 4) is 0 Å². The minimum atomic E-state index is -1.30. The molecule has 3 rings (SSSR count). The Bertz CT molecular complexity index is 1130. The van der Waals surface area contributed by atoms with Crippen molar-refractivity contribution >= 4 is 26.8 Å². The van der Waals surface area contributed by atoms with Gasteiger partial charge in [0.25, 0.3) is 5.56 Å². The normalized spacial score (nSPS) is 11.9. The number of halogens is 3. The Labute approximate surface area is 161 Å². The van der Waals surface area contributed by atoms with Gasteiger partial charge in [-0.3, -0.25) is 13.9 Å². The van der Waals surface area contributed by atoms with Crippen LogP contribution in [0.4, 0.5) is 8.78 Å². The molecule has 2 aromatic carbocycles. The van der Waals surface area contributed by atoms with Gasteiger partial charge in [-0.15, -0.1) is 0 Å². The Kier molecular flexibility index (Phi) is 5.05. The Balaban J connectivity index is 2.30. The summed E-state index contributed by atoms with van der Waals surface area (Å²) in [5.41, 5.74) is -2.10. The maximum Gasteiger partial charge on any atom is 0.331 e. The van der Waals surface area contributed by atoms with Crippen molar-refractivity contribution in [3.05, 3.63) is 78.9 Å². The zero-order valence-electron chi connectivity index (χ0n) is 14.7. The summed E-state index contributed by atoms with van der Waals surface area (Å²) in [4.78, 5) is 25.7. The average molecular weight is 439 g/mol. The molecule has 0 aliphatic heterocycles. The first-order valence-electron chi connectivity index (χ1n) is 8.16. The van der Waals surface area contributed by atoms with Crippen LogP contribution in [0.1, 0.15) is 19.4 Å². The van der Waals surface area contributed by atoms with E-state index in [1.54, 1.807) is 24.3 Å². The van der Waals surface area contributed by atoms with Crippen molar-refractivity contribution in [2.45, 2.75) is 32.5 Å². The largest absolute Gasteiger partial charge is 0.389 e. The summed E-state index contributed by atoms with van der Waals surface area (Å²) in [6, 6.07) is 8.61. The third-order valence-electron chi connectivity index (χ3n) is 4.07. The molecule has 27 heavy (non-hydrogen) atoms. The third-order valence-corrected chi connectivity index (χ3v) is 4.59. The molecule has 1 heterocycles. The summed E-state index contributed by atoms with van der Waals surface area (Å²) in [5.74, 6) is -2.35. The highest BCUT2D eigenvalue weighted by Crippen LogP contribution is 2.17. The minimum Gasteiger partial charge on any atom is -0.389 e. The lowest BCUT2D eigenvalue weighted by Gasteiger charge is -2.21. The fourth-order valence-corrected chi connectivity index (χ4v) is 3.13. The molecule has 0 spiro atoms. The first kappa shape index (κ1) is 19.4. The van der Waals surface area contributed by atoms with E-state index in [0.717, 1.165) is 25.7 Å². The van der Waals surface area contributed by atoms with Gasteiger partial charge in [0.15, 0.2) is 11.6 Å². The maximum absolute atomic E-state index is 13.7. The first-order chi connectivity index (χ1) is 12.6. The number of aromatic nitrogens is 2. The lowest BCUT2D eigenvalue weighted by molar-refractivity contribution is 0.0610. The number of fused-ring (bicyclic) bond motifs is 1. The topological polar surface area (TPSA) is 64.2 Å². The molecule has 0 saturated heterocycles. The number of hydrogen-bond acceptors (Lipinski definition) is 3. The van der Waals surface area contributed by atoms with E-state index in [-0.39, 0.29) is 24.0 Å². The highest BCUT2D eigenvalue weighted by Gasteiger charge is 2.21. The summed E-state index contributed by atoms with van der Waals surface area (Å²) < 4.78 is 30.4. The molecule has 0 aliphatic rings. The van der Waals surface area contributed by atoms with Crippen molar-refractivity contribution in [1.82, 2.24) is 9.13 Å². The third kappa shape index (κ3) is 4.01. The number of nitrogens with zero attached hydrogens (tertiary/aromatic N) is 2. The molecule has 0 atom stereocenters. The molecule has 0 aliphatic carbocycles. The molecule has 1 aromatic heterocycles. The summed E-state index contributed by atoms with van der Waals surface area (Å²) in [6.07, 6.45) is 0. The fraction of sp³-hybridized carbons (Fsp3) is 0.263. The zero-order valence-corrected chi connectivity index (χ0v) is 16.3. The van der Waals surface area contributed by atoms with Gasteiger partial charge in [-0.05, 0) is 37.6 Å². The molecule has 1 N–H and O–H groups in total. The number of aliphatic hydroxyl groups is 1. The van der Waals surface area contributed by atoms with Gasteiger partial charge in [0, 0.05) is 10.5 Å². The van der Waals surface area contributed by atoms with Crippen LogP contribution in [-0.4, -0.2) is 19.8 Å². The molecule has 0 bridgehead atoms. The van der Waals surface area contributed by atoms with Crippen LogP contribution in [0.5, 0.6) is 0 Å². The van der Waals surface area contributed by atoms with Crippen molar-refractivity contribution in [3.63, 3.8) is 0 Å². The van der Waals surface area contributed by atoms with Crippen LogP contribution in [0.2, 0.25) is 0 Å². The fourth-order valence-electron chi connectivity index (χ4n) is 2.86. The van der Waals surface area contributed by atoms with Crippen LogP contribution in [0.3, 0.4) is 0 Å². The molecular weight excluding hydrogens is 422 g/mol. The summed E-state index contributed by atoms with van der Waals surface area (Å²) in [5, 5.41) is 10.0. The van der Waals surface area contributed by atoms with Crippen LogP contribution in [-0.2, 0) is 13.1 Å². The van der Waals surface area contributed by atoms with Crippen LogP contribution in [0.25, 0.3) is 10.9 Å². The van der Waals surface area contributed by atoms with Gasteiger partial charge in [-0.25, -0.2) is 13.6 Å². The SMILES string of the molecule is CC(C)(O)Cn1c(=O)n(Cc2ccc(Br)cc2)c(=O)c2cc(F)c(F)cc21. The predicted octanol–water partition coefficient (Wildman–Crippen LogP) is 3.02.